The molecule has 0 atom stereocenters. The van der Waals surface area contributed by atoms with Gasteiger partial charge in [-0.05, 0) is 47.2 Å². The van der Waals surface area contributed by atoms with Gasteiger partial charge in [0.15, 0.2) is 6.61 Å². The van der Waals surface area contributed by atoms with Gasteiger partial charge in [-0.25, -0.2) is 8.78 Å². The van der Waals surface area contributed by atoms with E-state index in [1.807, 2.05) is 24.3 Å². The molecule has 0 spiro atoms. The normalized spacial score (nSPS) is 10.6. The molecule has 172 valence electrons. The molecule has 0 saturated heterocycles. The average molecular weight is 462 g/mol. The van der Waals surface area contributed by atoms with Gasteiger partial charge < -0.3 is 20.1 Å². The number of hydrogen-bond donors (Lipinski definition) is 2. The summed E-state index contributed by atoms with van der Waals surface area (Å²) in [7, 11) is 1.50. The van der Waals surface area contributed by atoms with E-state index in [9.17, 15) is 18.4 Å². The van der Waals surface area contributed by atoms with E-state index in [0.29, 0.717) is 17.5 Å². The van der Waals surface area contributed by atoms with Crippen LogP contribution in [0.4, 0.5) is 20.2 Å². The number of ether oxygens (including phenoxy) is 2. The predicted octanol–water partition coefficient (Wildman–Crippen LogP) is 5.40. The zero-order chi connectivity index (χ0) is 24.1. The first-order valence-electron chi connectivity index (χ1n) is 10.3. The molecule has 0 aliphatic heterocycles. The van der Waals surface area contributed by atoms with Gasteiger partial charge in [-0.15, -0.1) is 0 Å². The maximum atomic E-state index is 13.8. The van der Waals surface area contributed by atoms with Crippen molar-refractivity contribution in [3.05, 3.63) is 96.1 Å². The van der Waals surface area contributed by atoms with Crippen molar-refractivity contribution >= 4 is 34.0 Å². The van der Waals surface area contributed by atoms with Gasteiger partial charge in [-0.1, -0.05) is 36.4 Å². The number of amides is 2. The van der Waals surface area contributed by atoms with E-state index in [2.05, 4.69) is 10.6 Å². The van der Waals surface area contributed by atoms with Crippen molar-refractivity contribution in [2.24, 2.45) is 0 Å². The molecule has 34 heavy (non-hydrogen) atoms. The Hall–Kier alpha value is -4.46. The monoisotopic (exact) mass is 462 g/mol. The molecule has 2 N–H and O–H groups in total. The molecule has 0 aromatic heterocycles. The second-order valence-electron chi connectivity index (χ2n) is 7.31. The van der Waals surface area contributed by atoms with Crippen LogP contribution in [-0.2, 0) is 4.79 Å². The van der Waals surface area contributed by atoms with Crippen LogP contribution in [0, 0.1) is 11.6 Å². The molecule has 0 unspecified atom stereocenters. The predicted molar refractivity (Wildman–Crippen MR) is 125 cm³/mol. The summed E-state index contributed by atoms with van der Waals surface area (Å²) < 4.78 is 37.9. The number of benzene rings is 4. The Kier molecular flexibility index (Phi) is 6.68. The minimum atomic E-state index is -0.907. The van der Waals surface area contributed by atoms with E-state index < -0.39 is 30.1 Å². The van der Waals surface area contributed by atoms with Crippen LogP contribution >= 0.6 is 0 Å². The first-order chi connectivity index (χ1) is 16.4. The molecule has 0 aliphatic rings. The Morgan fingerprint density at radius 1 is 0.794 bits per heavy atom. The molecule has 0 saturated carbocycles. The van der Waals surface area contributed by atoms with Crippen molar-refractivity contribution in [2.45, 2.75) is 0 Å². The zero-order valence-electron chi connectivity index (χ0n) is 18.1. The molecular formula is C26H20F2N2O4. The smallest absolute Gasteiger partial charge is 0.262 e. The lowest BCUT2D eigenvalue weighted by Gasteiger charge is -2.15. The highest BCUT2D eigenvalue weighted by molar-refractivity contribution is 6.09. The van der Waals surface area contributed by atoms with Gasteiger partial charge in [0.25, 0.3) is 11.8 Å². The van der Waals surface area contributed by atoms with Crippen LogP contribution in [0.15, 0.2) is 78.9 Å². The molecule has 0 bridgehead atoms. The van der Waals surface area contributed by atoms with Crippen molar-refractivity contribution in [3.63, 3.8) is 0 Å². The van der Waals surface area contributed by atoms with E-state index in [1.54, 1.807) is 36.4 Å². The molecule has 0 fully saturated rings. The molecule has 0 aliphatic carbocycles. The number of nitrogens with one attached hydrogen (secondary N) is 2. The molecule has 4 aromatic rings. The number of carbonyl (C=O) groups excluding carboxylic acids is 2. The third-order valence-corrected chi connectivity index (χ3v) is 5.01. The van der Waals surface area contributed by atoms with Gasteiger partial charge in [0.2, 0.25) is 0 Å². The summed E-state index contributed by atoms with van der Waals surface area (Å²) in [6, 6.07) is 20.5. The summed E-state index contributed by atoms with van der Waals surface area (Å²) in [5.41, 5.74) is 0.492. The van der Waals surface area contributed by atoms with Crippen LogP contribution in [-0.4, -0.2) is 25.5 Å². The maximum absolute atomic E-state index is 13.8. The fourth-order valence-electron chi connectivity index (χ4n) is 3.37. The van der Waals surface area contributed by atoms with Crippen molar-refractivity contribution in [1.82, 2.24) is 0 Å². The van der Waals surface area contributed by atoms with Crippen LogP contribution in [0.5, 0.6) is 11.5 Å². The fraction of sp³-hybridized carbons (Fsp3) is 0.0769. The van der Waals surface area contributed by atoms with Crippen molar-refractivity contribution in [3.8, 4) is 11.5 Å². The first kappa shape index (κ1) is 22.7. The topological polar surface area (TPSA) is 76.7 Å². The minimum absolute atomic E-state index is 0.167. The Morgan fingerprint density at radius 3 is 2.24 bits per heavy atom. The number of para-hydroxylation sites is 2. The second-order valence-corrected chi connectivity index (χ2v) is 7.31. The molecule has 0 radical (unpaired) electrons. The van der Waals surface area contributed by atoms with E-state index in [-0.39, 0.29) is 17.0 Å². The van der Waals surface area contributed by atoms with Crippen molar-refractivity contribution < 1.29 is 27.8 Å². The highest BCUT2D eigenvalue weighted by Crippen LogP contribution is 2.29. The largest absolute Gasteiger partial charge is 0.495 e. The van der Waals surface area contributed by atoms with Crippen LogP contribution in [0.25, 0.3) is 10.8 Å². The van der Waals surface area contributed by atoms with Gasteiger partial charge in [0, 0.05) is 6.07 Å². The summed E-state index contributed by atoms with van der Waals surface area (Å²) >= 11 is 0. The summed E-state index contributed by atoms with van der Waals surface area (Å²) in [6.45, 7) is -0.496. The highest BCUT2D eigenvalue weighted by atomic mass is 19.1. The van der Waals surface area contributed by atoms with Gasteiger partial charge in [0.1, 0.15) is 23.1 Å². The highest BCUT2D eigenvalue weighted by Gasteiger charge is 2.18. The summed E-state index contributed by atoms with van der Waals surface area (Å²) in [5, 5.41) is 6.72. The zero-order valence-corrected chi connectivity index (χ0v) is 18.1. The second kappa shape index (κ2) is 9.99. The van der Waals surface area contributed by atoms with E-state index >= 15 is 0 Å². The Bertz CT molecular complexity index is 1370. The average Bonchev–Trinajstić information content (AvgIpc) is 2.84. The Balaban J connectivity index is 1.57. The SMILES string of the molecule is COc1ccccc1NC(=O)c1cc2ccccc2cc1OCC(=O)Nc1ccc(F)cc1F. The summed E-state index contributed by atoms with van der Waals surface area (Å²) in [6.07, 6.45) is 0. The van der Waals surface area contributed by atoms with Crippen LogP contribution in [0.2, 0.25) is 0 Å². The standard InChI is InChI=1S/C26H20F2N2O4/c1-33-23-9-5-4-8-22(23)30-26(32)19-12-16-6-2-3-7-17(16)13-24(19)34-15-25(31)29-21-11-10-18(27)14-20(21)28/h2-14H,15H2,1H3,(H,29,31)(H,30,32). The minimum Gasteiger partial charge on any atom is -0.495 e. The summed E-state index contributed by atoms with van der Waals surface area (Å²) in [4.78, 5) is 25.5. The number of anilines is 2. The Morgan fingerprint density at radius 2 is 1.50 bits per heavy atom. The van der Waals surface area contributed by atoms with Crippen LogP contribution in [0.1, 0.15) is 10.4 Å². The lowest BCUT2D eigenvalue weighted by Crippen LogP contribution is -2.22. The third kappa shape index (κ3) is 5.12. The lowest BCUT2D eigenvalue weighted by molar-refractivity contribution is -0.118. The van der Waals surface area contributed by atoms with Gasteiger partial charge in [-0.2, -0.15) is 0 Å². The molecule has 2 amide bonds. The number of carbonyl (C=O) groups is 2. The van der Waals surface area contributed by atoms with Gasteiger partial charge >= 0.3 is 0 Å². The van der Waals surface area contributed by atoms with Gasteiger partial charge in [0.05, 0.1) is 24.0 Å². The summed E-state index contributed by atoms with van der Waals surface area (Å²) in [5.74, 6) is -2.14. The van der Waals surface area contributed by atoms with E-state index in [4.69, 9.17) is 9.47 Å². The van der Waals surface area contributed by atoms with Crippen LogP contribution < -0.4 is 20.1 Å². The van der Waals surface area contributed by atoms with E-state index in [0.717, 1.165) is 22.9 Å². The van der Waals surface area contributed by atoms with Crippen molar-refractivity contribution in [1.29, 1.82) is 0 Å². The van der Waals surface area contributed by atoms with E-state index in [1.165, 1.54) is 7.11 Å². The van der Waals surface area contributed by atoms with Gasteiger partial charge in [-0.3, -0.25) is 9.59 Å². The fourth-order valence-corrected chi connectivity index (χ4v) is 3.37. The molecule has 4 aromatic carbocycles. The first-order valence-corrected chi connectivity index (χ1v) is 10.3. The molecule has 4 rings (SSSR count). The maximum Gasteiger partial charge on any atom is 0.262 e. The quantitative estimate of drug-likeness (QED) is 0.386. The number of hydrogen-bond acceptors (Lipinski definition) is 4. The third-order valence-electron chi connectivity index (χ3n) is 5.01. The molecule has 0 heterocycles. The molecule has 8 heteroatoms. The number of methoxy groups -OCH3 is 1. The van der Waals surface area contributed by atoms with Crippen LogP contribution in [0.3, 0.4) is 0 Å². The molecular weight excluding hydrogens is 442 g/mol. The van der Waals surface area contributed by atoms with Crippen molar-refractivity contribution in [2.75, 3.05) is 24.4 Å². The number of fused-ring (bicyclic) bond motifs is 1. The lowest BCUT2D eigenvalue weighted by atomic mass is 10.1. The number of rotatable bonds is 7. The molecule has 6 nitrogen and oxygen atoms in total. The number of halogens is 2. The Labute approximate surface area is 194 Å².